The third-order valence-corrected chi connectivity index (χ3v) is 4.56. The molecule has 2 heterocycles. The van der Waals surface area contributed by atoms with E-state index < -0.39 is 0 Å². The van der Waals surface area contributed by atoms with Crippen LogP contribution in [0.15, 0.2) is 0 Å². The van der Waals surface area contributed by atoms with Gasteiger partial charge in [0.15, 0.2) is 0 Å². The smallest absolute Gasteiger partial charge is 0.315 e. The molecule has 0 saturated carbocycles. The van der Waals surface area contributed by atoms with Gasteiger partial charge in [-0.05, 0) is 51.6 Å². The van der Waals surface area contributed by atoms with E-state index in [9.17, 15) is 4.79 Å². The Labute approximate surface area is 122 Å². The molecule has 5 heteroatoms. The van der Waals surface area contributed by atoms with Gasteiger partial charge in [0.2, 0.25) is 0 Å². The minimum atomic E-state index is -0.0332. The van der Waals surface area contributed by atoms with Crippen molar-refractivity contribution in [2.24, 2.45) is 5.92 Å². The topological polar surface area (TPSA) is 53.6 Å². The molecule has 1 unspecified atom stereocenters. The molecule has 0 bridgehead atoms. The van der Waals surface area contributed by atoms with Gasteiger partial charge in [-0.1, -0.05) is 6.92 Å². The zero-order valence-corrected chi connectivity index (χ0v) is 12.9. The Morgan fingerprint density at radius 2 is 1.90 bits per heavy atom. The summed E-state index contributed by atoms with van der Waals surface area (Å²) >= 11 is 0. The minimum Gasteiger partial charge on any atom is -0.381 e. The van der Waals surface area contributed by atoms with Crippen molar-refractivity contribution < 1.29 is 9.53 Å². The number of nitrogens with one attached hydrogen (secondary N) is 2. The Bertz CT molecular complexity index is 297. The first kappa shape index (κ1) is 15.6. The third kappa shape index (κ3) is 4.94. The van der Waals surface area contributed by atoms with Crippen LogP contribution in [0.2, 0.25) is 0 Å². The lowest BCUT2D eigenvalue weighted by Gasteiger charge is -2.35. The minimum absolute atomic E-state index is 0.0332. The number of nitrogens with zero attached hydrogens (tertiary/aromatic N) is 1. The van der Waals surface area contributed by atoms with Crippen molar-refractivity contribution in [1.29, 1.82) is 0 Å². The van der Waals surface area contributed by atoms with E-state index in [1.54, 1.807) is 0 Å². The van der Waals surface area contributed by atoms with Crippen molar-refractivity contribution in [2.75, 3.05) is 32.8 Å². The second kappa shape index (κ2) is 7.84. The molecule has 2 N–H and O–H groups in total. The molecule has 0 spiro atoms. The van der Waals surface area contributed by atoms with Gasteiger partial charge in [0, 0.05) is 31.8 Å². The summed E-state index contributed by atoms with van der Waals surface area (Å²) in [6.07, 6.45) is 4.40. The normalized spacial score (nSPS) is 24.3. The maximum Gasteiger partial charge on any atom is 0.315 e. The van der Waals surface area contributed by atoms with E-state index in [2.05, 4.69) is 29.4 Å². The maximum atomic E-state index is 11.9. The van der Waals surface area contributed by atoms with Crippen molar-refractivity contribution in [3.8, 4) is 0 Å². The highest BCUT2D eigenvalue weighted by atomic mass is 16.5. The number of hydrogen-bond acceptors (Lipinski definition) is 3. The first-order valence-corrected chi connectivity index (χ1v) is 8.01. The summed E-state index contributed by atoms with van der Waals surface area (Å²) in [5, 5.41) is 6.04. The van der Waals surface area contributed by atoms with E-state index in [1.807, 2.05) is 0 Å². The highest BCUT2D eigenvalue weighted by Gasteiger charge is 2.21. The molecule has 0 aromatic carbocycles. The van der Waals surface area contributed by atoms with Gasteiger partial charge < -0.3 is 15.4 Å². The van der Waals surface area contributed by atoms with Crippen molar-refractivity contribution in [3.05, 3.63) is 0 Å². The second-order valence-electron chi connectivity index (χ2n) is 6.31. The first-order chi connectivity index (χ1) is 9.65. The van der Waals surface area contributed by atoms with Crippen LogP contribution in [0.5, 0.6) is 0 Å². The summed E-state index contributed by atoms with van der Waals surface area (Å²) in [7, 11) is 0. The van der Waals surface area contributed by atoms with E-state index in [1.165, 1.54) is 12.8 Å². The van der Waals surface area contributed by atoms with Gasteiger partial charge in [0.1, 0.15) is 0 Å². The van der Waals surface area contributed by atoms with Crippen LogP contribution in [0.4, 0.5) is 4.79 Å². The molecule has 2 saturated heterocycles. The summed E-state index contributed by atoms with van der Waals surface area (Å²) in [5.74, 6) is 0.850. The fourth-order valence-electron chi connectivity index (χ4n) is 2.92. The number of carbonyl (C=O) groups is 1. The number of hydrogen-bond donors (Lipinski definition) is 2. The molecule has 2 aliphatic rings. The molecule has 20 heavy (non-hydrogen) atoms. The Morgan fingerprint density at radius 1 is 1.25 bits per heavy atom. The maximum absolute atomic E-state index is 11.9. The van der Waals surface area contributed by atoms with Crippen LogP contribution in [-0.4, -0.2) is 55.9 Å². The van der Waals surface area contributed by atoms with Crippen LogP contribution < -0.4 is 10.6 Å². The summed E-state index contributed by atoms with van der Waals surface area (Å²) < 4.78 is 5.29. The summed E-state index contributed by atoms with van der Waals surface area (Å²) in [5.41, 5.74) is 0. The standard InChI is InChI=1S/C15H29N3O2/c1-12-3-7-18(8-4-12)13(2)11-16-15(19)17-14-5-9-20-10-6-14/h12-14H,3-11H2,1-2H3,(H2,16,17,19). The van der Waals surface area contributed by atoms with E-state index in [0.29, 0.717) is 6.04 Å². The van der Waals surface area contributed by atoms with Gasteiger partial charge >= 0.3 is 6.03 Å². The quantitative estimate of drug-likeness (QED) is 0.824. The van der Waals surface area contributed by atoms with E-state index in [4.69, 9.17) is 4.74 Å². The molecule has 116 valence electrons. The van der Waals surface area contributed by atoms with E-state index in [0.717, 1.165) is 51.6 Å². The van der Waals surface area contributed by atoms with Gasteiger partial charge in [-0.2, -0.15) is 0 Å². The fourth-order valence-corrected chi connectivity index (χ4v) is 2.92. The summed E-state index contributed by atoms with van der Waals surface area (Å²) in [4.78, 5) is 14.3. The molecule has 2 rings (SSSR count). The third-order valence-electron chi connectivity index (χ3n) is 4.56. The average molecular weight is 283 g/mol. The molecule has 1 atom stereocenters. The Balaban J connectivity index is 1.62. The van der Waals surface area contributed by atoms with Crippen molar-refractivity contribution >= 4 is 6.03 Å². The Morgan fingerprint density at radius 3 is 2.55 bits per heavy atom. The largest absolute Gasteiger partial charge is 0.381 e. The fraction of sp³-hybridized carbons (Fsp3) is 0.933. The Hall–Kier alpha value is -0.810. The molecular formula is C15H29N3O2. The van der Waals surface area contributed by atoms with Crippen LogP contribution in [0, 0.1) is 5.92 Å². The molecule has 0 radical (unpaired) electrons. The number of carbonyl (C=O) groups excluding carboxylic acids is 1. The lowest BCUT2D eigenvalue weighted by Crippen LogP contribution is -2.49. The van der Waals surface area contributed by atoms with Crippen molar-refractivity contribution in [2.45, 2.75) is 51.6 Å². The molecule has 0 aromatic heterocycles. The van der Waals surface area contributed by atoms with Crippen molar-refractivity contribution in [3.63, 3.8) is 0 Å². The average Bonchev–Trinajstić information content (AvgIpc) is 2.46. The van der Waals surface area contributed by atoms with Gasteiger partial charge in [-0.15, -0.1) is 0 Å². The molecule has 2 aliphatic heterocycles. The van der Waals surface area contributed by atoms with Gasteiger partial charge in [-0.25, -0.2) is 4.79 Å². The predicted octanol–water partition coefficient (Wildman–Crippen LogP) is 1.58. The van der Waals surface area contributed by atoms with Crippen LogP contribution >= 0.6 is 0 Å². The molecule has 0 aromatic rings. The SMILES string of the molecule is CC1CCN(C(C)CNC(=O)NC2CCOCC2)CC1. The highest BCUT2D eigenvalue weighted by Crippen LogP contribution is 2.17. The number of rotatable bonds is 4. The molecular weight excluding hydrogens is 254 g/mol. The van der Waals surface area contributed by atoms with Crippen molar-refractivity contribution in [1.82, 2.24) is 15.5 Å². The number of amides is 2. The lowest BCUT2D eigenvalue weighted by atomic mass is 9.98. The van der Waals surface area contributed by atoms with Gasteiger partial charge in [-0.3, -0.25) is 4.90 Å². The van der Waals surface area contributed by atoms with Crippen LogP contribution in [0.25, 0.3) is 0 Å². The second-order valence-corrected chi connectivity index (χ2v) is 6.31. The first-order valence-electron chi connectivity index (χ1n) is 8.01. The molecule has 2 fully saturated rings. The van der Waals surface area contributed by atoms with Crippen LogP contribution in [0.3, 0.4) is 0 Å². The monoisotopic (exact) mass is 283 g/mol. The number of urea groups is 1. The van der Waals surface area contributed by atoms with Gasteiger partial charge in [0.05, 0.1) is 0 Å². The van der Waals surface area contributed by atoms with Crippen LogP contribution in [0.1, 0.15) is 39.5 Å². The summed E-state index contributed by atoms with van der Waals surface area (Å²) in [6, 6.07) is 0.659. The molecule has 0 aliphatic carbocycles. The number of likely N-dealkylation sites (tertiary alicyclic amines) is 1. The number of ether oxygens (including phenoxy) is 1. The molecule has 2 amide bonds. The number of piperidine rings is 1. The zero-order chi connectivity index (χ0) is 14.4. The van der Waals surface area contributed by atoms with Gasteiger partial charge in [0.25, 0.3) is 0 Å². The Kier molecular flexibility index (Phi) is 6.10. The highest BCUT2D eigenvalue weighted by molar-refractivity contribution is 5.74. The van der Waals surface area contributed by atoms with Crippen LogP contribution in [-0.2, 0) is 4.74 Å². The van der Waals surface area contributed by atoms with E-state index in [-0.39, 0.29) is 12.1 Å². The summed E-state index contributed by atoms with van der Waals surface area (Å²) in [6.45, 7) is 9.08. The van der Waals surface area contributed by atoms with E-state index >= 15 is 0 Å². The molecule has 5 nitrogen and oxygen atoms in total. The zero-order valence-electron chi connectivity index (χ0n) is 12.9. The predicted molar refractivity (Wildman–Crippen MR) is 79.8 cm³/mol. The lowest BCUT2D eigenvalue weighted by molar-refractivity contribution is 0.0799.